The molecule has 23 heavy (non-hydrogen) atoms. The zero-order chi connectivity index (χ0) is 17.6. The number of hydrogen-bond acceptors (Lipinski definition) is 3. The predicted octanol–water partition coefficient (Wildman–Crippen LogP) is 2.17. The van der Waals surface area contributed by atoms with Crippen molar-refractivity contribution in [3.63, 3.8) is 0 Å². The van der Waals surface area contributed by atoms with Crippen LogP contribution in [0.4, 0.5) is 18.0 Å². The minimum Gasteiger partial charge on any atom is -0.481 e. The van der Waals surface area contributed by atoms with Gasteiger partial charge in [0.05, 0.1) is 24.6 Å². The third kappa shape index (κ3) is 5.95. The first-order valence-corrected chi connectivity index (χ1v) is 6.76. The maximum atomic E-state index is 13.0. The van der Waals surface area contributed by atoms with Gasteiger partial charge in [0.15, 0.2) is 0 Å². The van der Waals surface area contributed by atoms with E-state index in [0.29, 0.717) is 6.07 Å². The van der Waals surface area contributed by atoms with E-state index in [9.17, 15) is 27.9 Å². The standard InChI is InChI=1S/C13H14ClF3N2O4/c14-7-1-2-8(9(5-7)13(15,16)17)10(6-20)19-12(23)18-4-3-11(21)22/h1-2,5,10,20H,3-4,6H2,(H,21,22)(H2,18,19,23). The van der Waals surface area contributed by atoms with Gasteiger partial charge < -0.3 is 20.8 Å². The maximum Gasteiger partial charge on any atom is 0.416 e. The van der Waals surface area contributed by atoms with Crippen molar-refractivity contribution in [2.45, 2.75) is 18.6 Å². The number of benzene rings is 1. The van der Waals surface area contributed by atoms with Crippen LogP contribution in [0.15, 0.2) is 18.2 Å². The topological polar surface area (TPSA) is 98.7 Å². The molecule has 0 saturated carbocycles. The number of urea groups is 1. The molecule has 4 N–H and O–H groups in total. The quantitative estimate of drug-likeness (QED) is 0.629. The van der Waals surface area contributed by atoms with Gasteiger partial charge in [0, 0.05) is 11.6 Å². The number of aliphatic hydroxyl groups excluding tert-OH is 1. The van der Waals surface area contributed by atoms with Gasteiger partial charge in [-0.2, -0.15) is 13.2 Å². The SMILES string of the molecule is O=C(O)CCNC(=O)NC(CO)c1ccc(Cl)cc1C(F)(F)F. The summed E-state index contributed by atoms with van der Waals surface area (Å²) in [6.45, 7) is -0.983. The van der Waals surface area contributed by atoms with Crippen LogP contribution < -0.4 is 10.6 Å². The fourth-order valence-corrected chi connectivity index (χ4v) is 1.96. The van der Waals surface area contributed by atoms with Crippen molar-refractivity contribution in [2.24, 2.45) is 0 Å². The van der Waals surface area contributed by atoms with E-state index in [-0.39, 0.29) is 23.6 Å². The molecule has 0 aliphatic heterocycles. The first-order chi connectivity index (χ1) is 10.6. The number of aliphatic hydroxyl groups is 1. The smallest absolute Gasteiger partial charge is 0.416 e. The number of halogens is 4. The highest BCUT2D eigenvalue weighted by Gasteiger charge is 2.35. The molecule has 0 aromatic heterocycles. The lowest BCUT2D eigenvalue weighted by Gasteiger charge is -2.21. The van der Waals surface area contributed by atoms with E-state index < -0.39 is 36.4 Å². The molecule has 1 atom stereocenters. The number of carbonyl (C=O) groups excluding carboxylic acids is 1. The van der Waals surface area contributed by atoms with E-state index in [0.717, 1.165) is 6.07 Å². The summed E-state index contributed by atoms with van der Waals surface area (Å²) >= 11 is 5.56. The molecule has 1 rings (SSSR count). The van der Waals surface area contributed by atoms with Gasteiger partial charge in [0.25, 0.3) is 0 Å². The molecule has 2 amide bonds. The number of hydrogen-bond donors (Lipinski definition) is 4. The van der Waals surface area contributed by atoms with E-state index in [2.05, 4.69) is 10.6 Å². The Morgan fingerprint density at radius 2 is 1.96 bits per heavy atom. The molecule has 10 heteroatoms. The summed E-state index contributed by atoms with van der Waals surface area (Å²) in [4.78, 5) is 21.9. The van der Waals surface area contributed by atoms with Gasteiger partial charge in [-0.3, -0.25) is 4.79 Å². The number of carbonyl (C=O) groups is 2. The van der Waals surface area contributed by atoms with Gasteiger partial charge >= 0.3 is 18.2 Å². The Morgan fingerprint density at radius 1 is 1.30 bits per heavy atom. The molecule has 0 saturated heterocycles. The highest BCUT2D eigenvalue weighted by molar-refractivity contribution is 6.30. The van der Waals surface area contributed by atoms with Gasteiger partial charge in [-0.15, -0.1) is 0 Å². The summed E-state index contributed by atoms with van der Waals surface area (Å²) in [5.41, 5.74) is -1.42. The van der Waals surface area contributed by atoms with E-state index >= 15 is 0 Å². The van der Waals surface area contributed by atoms with E-state index in [1.807, 2.05) is 0 Å². The van der Waals surface area contributed by atoms with Crippen molar-refractivity contribution < 1.29 is 33.0 Å². The lowest BCUT2D eigenvalue weighted by Crippen LogP contribution is -2.40. The van der Waals surface area contributed by atoms with Crippen molar-refractivity contribution in [2.75, 3.05) is 13.2 Å². The van der Waals surface area contributed by atoms with Crippen LogP contribution in [0.25, 0.3) is 0 Å². The summed E-state index contributed by atoms with van der Waals surface area (Å²) < 4.78 is 39.1. The molecule has 0 radical (unpaired) electrons. The normalized spacial score (nSPS) is 12.6. The summed E-state index contributed by atoms with van der Waals surface area (Å²) in [5.74, 6) is -1.14. The molecule has 128 valence electrons. The van der Waals surface area contributed by atoms with Crippen LogP contribution >= 0.6 is 11.6 Å². The lowest BCUT2D eigenvalue weighted by molar-refractivity contribution is -0.139. The van der Waals surface area contributed by atoms with E-state index in [4.69, 9.17) is 16.7 Å². The van der Waals surface area contributed by atoms with E-state index in [1.165, 1.54) is 6.07 Å². The van der Waals surface area contributed by atoms with Crippen molar-refractivity contribution >= 4 is 23.6 Å². The molecule has 1 unspecified atom stereocenters. The van der Waals surface area contributed by atoms with Gasteiger partial charge in [-0.1, -0.05) is 17.7 Å². The molecule has 6 nitrogen and oxygen atoms in total. The first-order valence-electron chi connectivity index (χ1n) is 6.38. The number of alkyl halides is 3. The number of nitrogens with one attached hydrogen (secondary N) is 2. The largest absolute Gasteiger partial charge is 0.481 e. The summed E-state index contributed by atoms with van der Waals surface area (Å²) in [6, 6.07) is 0.744. The second-order valence-electron chi connectivity index (χ2n) is 4.51. The fourth-order valence-electron chi connectivity index (χ4n) is 1.79. The monoisotopic (exact) mass is 354 g/mol. The van der Waals surface area contributed by atoms with Gasteiger partial charge in [0.2, 0.25) is 0 Å². The summed E-state index contributed by atoms with van der Waals surface area (Å²) in [7, 11) is 0. The highest BCUT2D eigenvalue weighted by atomic mass is 35.5. The molecule has 0 heterocycles. The lowest BCUT2D eigenvalue weighted by atomic mass is 10.0. The van der Waals surface area contributed by atoms with Crippen LogP contribution in [-0.2, 0) is 11.0 Å². The van der Waals surface area contributed by atoms with Crippen molar-refractivity contribution in [3.8, 4) is 0 Å². The predicted molar refractivity (Wildman–Crippen MR) is 75.1 cm³/mol. The number of rotatable bonds is 6. The van der Waals surface area contributed by atoms with Crippen LogP contribution in [0, 0.1) is 0 Å². The third-order valence-electron chi connectivity index (χ3n) is 2.81. The molecule has 1 aromatic rings. The number of carboxylic acids is 1. The Balaban J connectivity index is 2.90. The zero-order valence-electron chi connectivity index (χ0n) is 11.7. The molecule has 0 fully saturated rings. The fraction of sp³-hybridized carbons (Fsp3) is 0.385. The van der Waals surface area contributed by atoms with Crippen molar-refractivity contribution in [1.82, 2.24) is 10.6 Å². The minimum absolute atomic E-state index is 0.135. The van der Waals surface area contributed by atoms with E-state index in [1.54, 1.807) is 0 Å². The average molecular weight is 355 g/mol. The van der Waals surface area contributed by atoms with Crippen LogP contribution in [0.2, 0.25) is 5.02 Å². The Kier molecular flexibility index (Phi) is 6.64. The second-order valence-corrected chi connectivity index (χ2v) is 4.94. The molecule has 0 spiro atoms. The Morgan fingerprint density at radius 3 is 2.48 bits per heavy atom. The molecular weight excluding hydrogens is 341 g/mol. The number of aliphatic carboxylic acids is 1. The van der Waals surface area contributed by atoms with Gasteiger partial charge in [0.1, 0.15) is 0 Å². The Bertz CT molecular complexity index is 581. The summed E-state index contributed by atoms with van der Waals surface area (Å²) in [6.07, 6.45) is -5.05. The first kappa shape index (κ1) is 19.0. The minimum atomic E-state index is -4.71. The van der Waals surface area contributed by atoms with Gasteiger partial charge in [-0.05, 0) is 17.7 Å². The molecule has 0 bridgehead atoms. The van der Waals surface area contributed by atoms with Crippen molar-refractivity contribution in [3.05, 3.63) is 34.3 Å². The van der Waals surface area contributed by atoms with Gasteiger partial charge in [-0.25, -0.2) is 4.79 Å². The van der Waals surface area contributed by atoms with Crippen molar-refractivity contribution in [1.29, 1.82) is 0 Å². The van der Waals surface area contributed by atoms with Crippen LogP contribution in [0.3, 0.4) is 0 Å². The highest BCUT2D eigenvalue weighted by Crippen LogP contribution is 2.36. The Labute approximate surface area is 134 Å². The number of carboxylic acid groups (broad SMARTS) is 1. The number of amides is 2. The maximum absolute atomic E-state index is 13.0. The summed E-state index contributed by atoms with van der Waals surface area (Å²) in [5, 5.41) is 21.9. The third-order valence-corrected chi connectivity index (χ3v) is 3.04. The van der Waals surface area contributed by atoms with Crippen LogP contribution in [0.5, 0.6) is 0 Å². The second kappa shape index (κ2) is 8.02. The van der Waals surface area contributed by atoms with Crippen LogP contribution in [-0.4, -0.2) is 35.4 Å². The average Bonchev–Trinajstić information content (AvgIpc) is 2.43. The Hall–Kier alpha value is -2.00. The molecular formula is C13H14ClF3N2O4. The zero-order valence-corrected chi connectivity index (χ0v) is 12.4. The molecule has 0 aliphatic rings. The van der Waals surface area contributed by atoms with Crippen LogP contribution in [0.1, 0.15) is 23.6 Å². The molecule has 0 aliphatic carbocycles. The molecule has 1 aromatic carbocycles.